The van der Waals surface area contributed by atoms with Gasteiger partial charge in [0.25, 0.3) is 5.56 Å². The lowest BCUT2D eigenvalue weighted by Crippen LogP contribution is -2.44. The van der Waals surface area contributed by atoms with Crippen molar-refractivity contribution in [2.75, 3.05) is 31.1 Å². The van der Waals surface area contributed by atoms with E-state index in [9.17, 15) is 14.4 Å². The highest BCUT2D eigenvalue weighted by molar-refractivity contribution is 5.87. The van der Waals surface area contributed by atoms with Crippen molar-refractivity contribution in [1.29, 1.82) is 0 Å². The highest BCUT2D eigenvalue weighted by Gasteiger charge is 2.24. The van der Waals surface area contributed by atoms with Gasteiger partial charge in [0.15, 0.2) is 11.2 Å². The molecule has 1 aliphatic heterocycles. The largest absolute Gasteiger partial charge is 0.478 e. The van der Waals surface area contributed by atoms with Crippen LogP contribution in [0.15, 0.2) is 45.5 Å². The van der Waals surface area contributed by atoms with Gasteiger partial charge in [0.05, 0.1) is 5.56 Å². The van der Waals surface area contributed by atoms with Crippen molar-refractivity contribution in [3.63, 3.8) is 0 Å². The average molecular weight is 467 g/mol. The molecule has 3 heterocycles. The summed E-state index contributed by atoms with van der Waals surface area (Å²) in [6, 6.07) is 6.46. The Morgan fingerprint density at radius 1 is 1.12 bits per heavy atom. The van der Waals surface area contributed by atoms with Gasteiger partial charge in [0, 0.05) is 46.3 Å². The summed E-state index contributed by atoms with van der Waals surface area (Å²) in [4.78, 5) is 44.7. The number of aromatic nitrogens is 4. The number of piperazine rings is 1. The van der Waals surface area contributed by atoms with E-state index in [0.717, 1.165) is 37.3 Å². The molecule has 0 atom stereocenters. The molecule has 2 N–H and O–H groups in total. The second-order valence-corrected chi connectivity index (χ2v) is 8.76. The molecule has 180 valence electrons. The molecule has 0 radical (unpaired) electrons. The molecule has 10 heteroatoms. The zero-order valence-electron chi connectivity index (χ0n) is 19.7. The van der Waals surface area contributed by atoms with E-state index < -0.39 is 11.7 Å². The molecule has 0 saturated carbocycles. The maximum atomic E-state index is 13.6. The predicted octanol–water partition coefficient (Wildman–Crippen LogP) is 1.21. The number of carbonyl (C=O) groups is 1. The SMILES string of the molecule is CC(C)=CCn1c(N2CCNCC2)nc2c1c(=O)n(CCc1ccc(C(=O)O)cc1)c(=O)n2C. The topological polar surface area (TPSA) is 114 Å². The van der Waals surface area contributed by atoms with E-state index in [1.165, 1.54) is 21.3 Å². The van der Waals surface area contributed by atoms with Gasteiger partial charge in [-0.2, -0.15) is 4.98 Å². The van der Waals surface area contributed by atoms with Crippen LogP contribution >= 0.6 is 0 Å². The Labute approximate surface area is 196 Å². The average Bonchev–Trinajstić information content (AvgIpc) is 3.22. The van der Waals surface area contributed by atoms with Gasteiger partial charge in [0.1, 0.15) is 0 Å². The van der Waals surface area contributed by atoms with Crippen LogP contribution in [-0.4, -0.2) is 55.9 Å². The van der Waals surface area contributed by atoms with Gasteiger partial charge in [-0.25, -0.2) is 9.59 Å². The first-order valence-electron chi connectivity index (χ1n) is 11.4. The molecule has 1 saturated heterocycles. The van der Waals surface area contributed by atoms with Crippen LogP contribution in [0.4, 0.5) is 5.95 Å². The number of fused-ring (bicyclic) bond motifs is 1. The summed E-state index contributed by atoms with van der Waals surface area (Å²) >= 11 is 0. The van der Waals surface area contributed by atoms with E-state index in [1.807, 2.05) is 24.5 Å². The highest BCUT2D eigenvalue weighted by Crippen LogP contribution is 2.20. The summed E-state index contributed by atoms with van der Waals surface area (Å²) in [5, 5.41) is 12.4. The molecular weight excluding hydrogens is 436 g/mol. The van der Waals surface area contributed by atoms with Crippen LogP contribution in [0.1, 0.15) is 29.8 Å². The van der Waals surface area contributed by atoms with Crippen LogP contribution in [-0.2, 0) is 26.6 Å². The monoisotopic (exact) mass is 466 g/mol. The maximum absolute atomic E-state index is 13.6. The van der Waals surface area contributed by atoms with E-state index >= 15 is 0 Å². The van der Waals surface area contributed by atoms with Gasteiger partial charge >= 0.3 is 11.7 Å². The van der Waals surface area contributed by atoms with Gasteiger partial charge in [-0.05, 0) is 38.0 Å². The molecule has 0 bridgehead atoms. The molecule has 2 aromatic heterocycles. The van der Waals surface area contributed by atoms with Crippen molar-refractivity contribution in [3.05, 3.63) is 67.9 Å². The summed E-state index contributed by atoms with van der Waals surface area (Å²) in [5.74, 6) is -0.296. The van der Waals surface area contributed by atoms with Crippen LogP contribution in [0.2, 0.25) is 0 Å². The molecule has 0 unspecified atom stereocenters. The van der Waals surface area contributed by atoms with Crippen LogP contribution < -0.4 is 21.5 Å². The first-order valence-corrected chi connectivity index (χ1v) is 11.4. The third-order valence-corrected chi connectivity index (χ3v) is 6.12. The number of aromatic carboxylic acids is 1. The van der Waals surface area contributed by atoms with Crippen molar-refractivity contribution in [2.24, 2.45) is 7.05 Å². The van der Waals surface area contributed by atoms with Gasteiger partial charge < -0.3 is 19.9 Å². The summed E-state index contributed by atoms with van der Waals surface area (Å²) in [5.41, 5.74) is 2.18. The number of nitrogens with zero attached hydrogens (tertiary/aromatic N) is 5. The van der Waals surface area contributed by atoms with Gasteiger partial charge in [-0.1, -0.05) is 23.8 Å². The van der Waals surface area contributed by atoms with Crippen LogP contribution in [0.5, 0.6) is 0 Å². The third-order valence-electron chi connectivity index (χ3n) is 6.12. The molecule has 1 aliphatic rings. The number of hydrogen-bond donors (Lipinski definition) is 2. The molecule has 34 heavy (non-hydrogen) atoms. The Kier molecular flexibility index (Phi) is 6.69. The summed E-state index contributed by atoms with van der Waals surface area (Å²) in [7, 11) is 1.64. The second-order valence-electron chi connectivity index (χ2n) is 8.76. The minimum Gasteiger partial charge on any atom is -0.478 e. The molecular formula is C24H30N6O4. The maximum Gasteiger partial charge on any atom is 0.335 e. The number of nitrogens with one attached hydrogen (secondary N) is 1. The number of hydrogen-bond acceptors (Lipinski definition) is 6. The summed E-state index contributed by atoms with van der Waals surface area (Å²) < 4.78 is 4.60. The number of carboxylic acid groups (broad SMARTS) is 1. The Hall–Kier alpha value is -3.66. The number of aryl methyl sites for hydroxylation is 2. The van der Waals surface area contributed by atoms with E-state index in [4.69, 9.17) is 10.1 Å². The molecule has 1 aromatic carbocycles. The predicted molar refractivity (Wildman–Crippen MR) is 131 cm³/mol. The fraction of sp³-hybridized carbons (Fsp3) is 0.417. The molecule has 3 aromatic rings. The van der Waals surface area contributed by atoms with E-state index in [2.05, 4.69) is 10.2 Å². The Morgan fingerprint density at radius 2 is 1.79 bits per heavy atom. The number of rotatable bonds is 7. The highest BCUT2D eigenvalue weighted by atomic mass is 16.4. The summed E-state index contributed by atoms with van der Waals surface area (Å²) in [6.45, 7) is 7.89. The zero-order chi connectivity index (χ0) is 24.4. The molecule has 1 fully saturated rings. The van der Waals surface area contributed by atoms with E-state index in [0.29, 0.717) is 30.1 Å². The Bertz CT molecular complexity index is 1350. The number of benzene rings is 1. The Morgan fingerprint density at radius 3 is 2.41 bits per heavy atom. The molecule has 0 spiro atoms. The molecule has 0 aliphatic carbocycles. The third kappa shape index (κ3) is 4.54. The van der Waals surface area contributed by atoms with E-state index in [1.54, 1.807) is 19.2 Å². The first-order chi connectivity index (χ1) is 16.3. The molecule has 0 amide bonds. The van der Waals surface area contributed by atoms with Crippen molar-refractivity contribution in [2.45, 2.75) is 33.4 Å². The van der Waals surface area contributed by atoms with Gasteiger partial charge in [-0.3, -0.25) is 13.9 Å². The normalized spacial score (nSPS) is 13.9. The van der Waals surface area contributed by atoms with E-state index in [-0.39, 0.29) is 17.7 Å². The first kappa shape index (κ1) is 23.5. The lowest BCUT2D eigenvalue weighted by Gasteiger charge is -2.28. The minimum absolute atomic E-state index is 0.185. The number of anilines is 1. The van der Waals surface area contributed by atoms with Crippen molar-refractivity contribution in [1.82, 2.24) is 24.0 Å². The summed E-state index contributed by atoms with van der Waals surface area (Å²) in [6.07, 6.45) is 2.47. The number of carboxylic acids is 1. The van der Waals surface area contributed by atoms with Crippen molar-refractivity contribution >= 4 is 23.1 Å². The van der Waals surface area contributed by atoms with Crippen molar-refractivity contribution in [3.8, 4) is 0 Å². The molecule has 10 nitrogen and oxygen atoms in total. The van der Waals surface area contributed by atoms with Crippen LogP contribution in [0.25, 0.3) is 11.2 Å². The van der Waals surface area contributed by atoms with Crippen molar-refractivity contribution < 1.29 is 9.90 Å². The quantitative estimate of drug-likeness (QED) is 0.503. The second kappa shape index (κ2) is 9.68. The minimum atomic E-state index is -0.994. The fourth-order valence-corrected chi connectivity index (χ4v) is 4.17. The smallest absolute Gasteiger partial charge is 0.335 e. The van der Waals surface area contributed by atoms with Gasteiger partial charge in [-0.15, -0.1) is 0 Å². The standard InChI is InChI=1S/C24H30N6O4/c1-16(2)8-12-29-19-20(26-23(29)28-14-10-25-11-15-28)27(3)24(34)30(21(19)31)13-9-17-4-6-18(7-5-17)22(32)33/h4-8,25H,9-15H2,1-3H3,(H,32,33). The van der Waals surface area contributed by atoms with Crippen LogP contribution in [0.3, 0.4) is 0 Å². The molecule has 4 rings (SSSR count). The Balaban J connectivity index is 1.78. The van der Waals surface area contributed by atoms with Gasteiger partial charge in [0.2, 0.25) is 5.95 Å². The number of allylic oxidation sites excluding steroid dienone is 2. The lowest BCUT2D eigenvalue weighted by molar-refractivity contribution is 0.0697. The zero-order valence-corrected chi connectivity index (χ0v) is 19.7. The van der Waals surface area contributed by atoms with Crippen LogP contribution in [0, 0.1) is 0 Å². The lowest BCUT2D eigenvalue weighted by atomic mass is 10.1. The fourth-order valence-electron chi connectivity index (χ4n) is 4.17. The number of imidazole rings is 1.